The quantitative estimate of drug-likeness (QED) is 0.780. The van der Waals surface area contributed by atoms with Crippen molar-refractivity contribution in [3.8, 4) is 0 Å². The van der Waals surface area contributed by atoms with E-state index in [4.69, 9.17) is 0 Å². The fraction of sp³-hybridized carbons (Fsp3) is 0.167. The number of nitrogens with zero attached hydrogens (tertiary/aromatic N) is 3. The van der Waals surface area contributed by atoms with Gasteiger partial charge in [-0.05, 0) is 12.1 Å². The van der Waals surface area contributed by atoms with Crippen LogP contribution in [0.4, 0.5) is 17.3 Å². The molecule has 19 heavy (non-hydrogen) atoms. The van der Waals surface area contributed by atoms with Gasteiger partial charge in [-0.25, -0.2) is 9.97 Å². The molecule has 0 fully saturated rings. The number of methoxy groups -OCH3 is 1. The molecule has 98 valence electrons. The molecule has 0 aliphatic rings. The van der Waals surface area contributed by atoms with Crippen molar-refractivity contribution in [3.05, 3.63) is 36.9 Å². The smallest absolute Gasteiger partial charge is 0.325 e. The van der Waals surface area contributed by atoms with Gasteiger partial charge in [-0.3, -0.25) is 9.78 Å². The Labute approximate surface area is 110 Å². The van der Waals surface area contributed by atoms with Gasteiger partial charge in [0.2, 0.25) is 0 Å². The first-order chi connectivity index (χ1) is 9.28. The molecule has 0 spiro atoms. The molecular formula is C12H13N5O2. The van der Waals surface area contributed by atoms with Crippen LogP contribution in [0, 0.1) is 0 Å². The summed E-state index contributed by atoms with van der Waals surface area (Å²) in [6.07, 6.45) is 4.77. The van der Waals surface area contributed by atoms with E-state index < -0.39 is 0 Å². The summed E-state index contributed by atoms with van der Waals surface area (Å²) in [7, 11) is 1.33. The lowest BCUT2D eigenvalue weighted by molar-refractivity contribution is -0.138. The van der Waals surface area contributed by atoms with Gasteiger partial charge in [-0.2, -0.15) is 0 Å². The average Bonchev–Trinajstić information content (AvgIpc) is 2.46. The molecule has 2 aromatic rings. The number of esters is 1. The largest absolute Gasteiger partial charge is 0.468 e. The van der Waals surface area contributed by atoms with Crippen molar-refractivity contribution in [2.75, 3.05) is 24.3 Å². The Balaban J connectivity index is 2.01. The van der Waals surface area contributed by atoms with Crippen LogP contribution in [-0.2, 0) is 9.53 Å². The summed E-state index contributed by atoms with van der Waals surface area (Å²) in [5, 5.41) is 5.94. The van der Waals surface area contributed by atoms with Gasteiger partial charge in [-0.15, -0.1) is 0 Å². The Hall–Kier alpha value is -2.70. The van der Waals surface area contributed by atoms with Crippen molar-refractivity contribution in [2.24, 2.45) is 0 Å². The minimum absolute atomic E-state index is 0.0577. The fourth-order valence-corrected chi connectivity index (χ4v) is 1.34. The van der Waals surface area contributed by atoms with E-state index in [-0.39, 0.29) is 12.5 Å². The summed E-state index contributed by atoms with van der Waals surface area (Å²) >= 11 is 0. The Morgan fingerprint density at radius 3 is 2.74 bits per heavy atom. The van der Waals surface area contributed by atoms with Crippen LogP contribution in [-0.4, -0.2) is 34.6 Å². The molecule has 0 aromatic carbocycles. The summed E-state index contributed by atoms with van der Waals surface area (Å²) in [6, 6.07) is 5.34. The Bertz CT molecular complexity index is 547. The predicted octanol–water partition coefficient (Wildman–Crippen LogP) is 1.20. The van der Waals surface area contributed by atoms with Crippen molar-refractivity contribution in [2.45, 2.75) is 0 Å². The lowest BCUT2D eigenvalue weighted by Gasteiger charge is -2.07. The number of anilines is 3. The van der Waals surface area contributed by atoms with Gasteiger partial charge in [0, 0.05) is 24.1 Å². The van der Waals surface area contributed by atoms with E-state index in [1.165, 1.54) is 13.4 Å². The molecule has 0 aliphatic carbocycles. The zero-order chi connectivity index (χ0) is 13.5. The molecule has 0 saturated heterocycles. The maximum atomic E-state index is 11.0. The van der Waals surface area contributed by atoms with E-state index >= 15 is 0 Å². The van der Waals surface area contributed by atoms with E-state index in [0.29, 0.717) is 11.6 Å². The van der Waals surface area contributed by atoms with Gasteiger partial charge < -0.3 is 15.4 Å². The Kier molecular flexibility index (Phi) is 4.22. The first-order valence-electron chi connectivity index (χ1n) is 5.57. The van der Waals surface area contributed by atoms with E-state index in [0.717, 1.165) is 5.69 Å². The SMILES string of the molecule is COC(=O)CNc1cc(Nc2ccncc2)ncn1. The van der Waals surface area contributed by atoms with Crippen LogP contribution in [0.1, 0.15) is 0 Å². The highest BCUT2D eigenvalue weighted by molar-refractivity contribution is 5.74. The lowest BCUT2D eigenvalue weighted by Crippen LogP contribution is -2.15. The van der Waals surface area contributed by atoms with Gasteiger partial charge in [-0.1, -0.05) is 0 Å². The number of hydrogen-bond donors (Lipinski definition) is 2. The second kappa shape index (κ2) is 6.29. The molecule has 2 heterocycles. The lowest BCUT2D eigenvalue weighted by atomic mass is 10.4. The molecule has 0 atom stereocenters. The zero-order valence-electron chi connectivity index (χ0n) is 10.3. The molecular weight excluding hydrogens is 246 g/mol. The van der Waals surface area contributed by atoms with Crippen molar-refractivity contribution < 1.29 is 9.53 Å². The summed E-state index contributed by atoms with van der Waals surface area (Å²) in [4.78, 5) is 23.0. The maximum Gasteiger partial charge on any atom is 0.325 e. The minimum atomic E-state index is -0.359. The minimum Gasteiger partial charge on any atom is -0.468 e. The van der Waals surface area contributed by atoms with Crippen LogP contribution in [0.5, 0.6) is 0 Å². The van der Waals surface area contributed by atoms with Crippen LogP contribution in [0.25, 0.3) is 0 Å². The third-order valence-electron chi connectivity index (χ3n) is 2.26. The van der Waals surface area contributed by atoms with E-state index in [9.17, 15) is 4.79 Å². The molecule has 7 nitrogen and oxygen atoms in total. The number of aromatic nitrogens is 3. The molecule has 2 aromatic heterocycles. The number of carbonyl (C=O) groups excluding carboxylic acids is 1. The summed E-state index contributed by atoms with van der Waals surface area (Å²) in [5.74, 6) is 0.799. The zero-order valence-corrected chi connectivity index (χ0v) is 10.3. The monoisotopic (exact) mass is 259 g/mol. The van der Waals surface area contributed by atoms with E-state index in [1.807, 2.05) is 12.1 Å². The first-order valence-corrected chi connectivity index (χ1v) is 5.57. The van der Waals surface area contributed by atoms with Gasteiger partial charge in [0.1, 0.15) is 24.5 Å². The third-order valence-corrected chi connectivity index (χ3v) is 2.26. The molecule has 7 heteroatoms. The van der Waals surface area contributed by atoms with Gasteiger partial charge in [0.25, 0.3) is 0 Å². The molecule has 0 radical (unpaired) electrons. The third kappa shape index (κ3) is 3.91. The molecule has 0 bridgehead atoms. The molecule has 0 aliphatic heterocycles. The van der Waals surface area contributed by atoms with Gasteiger partial charge >= 0.3 is 5.97 Å². The summed E-state index contributed by atoms with van der Waals surface area (Å²) in [6.45, 7) is 0.0577. The average molecular weight is 259 g/mol. The molecule has 0 saturated carbocycles. The number of ether oxygens (including phenoxy) is 1. The van der Waals surface area contributed by atoms with Crippen molar-refractivity contribution in [3.63, 3.8) is 0 Å². The number of pyridine rings is 1. The highest BCUT2D eigenvalue weighted by atomic mass is 16.5. The van der Waals surface area contributed by atoms with Crippen LogP contribution >= 0.6 is 0 Å². The molecule has 2 N–H and O–H groups in total. The Morgan fingerprint density at radius 2 is 2.00 bits per heavy atom. The number of nitrogens with one attached hydrogen (secondary N) is 2. The number of rotatable bonds is 5. The van der Waals surface area contributed by atoms with Crippen LogP contribution < -0.4 is 10.6 Å². The second-order valence-corrected chi connectivity index (χ2v) is 3.58. The van der Waals surface area contributed by atoms with Crippen LogP contribution in [0.3, 0.4) is 0 Å². The van der Waals surface area contributed by atoms with E-state index in [2.05, 4.69) is 30.3 Å². The number of carbonyl (C=O) groups is 1. The van der Waals surface area contributed by atoms with Crippen molar-refractivity contribution in [1.29, 1.82) is 0 Å². The van der Waals surface area contributed by atoms with Crippen molar-refractivity contribution >= 4 is 23.3 Å². The summed E-state index contributed by atoms with van der Waals surface area (Å²) in [5.41, 5.74) is 0.868. The first kappa shape index (κ1) is 12.7. The maximum absolute atomic E-state index is 11.0. The molecule has 0 unspecified atom stereocenters. The molecule has 0 amide bonds. The van der Waals surface area contributed by atoms with Gasteiger partial charge in [0.15, 0.2) is 0 Å². The fourth-order valence-electron chi connectivity index (χ4n) is 1.34. The van der Waals surface area contributed by atoms with Crippen molar-refractivity contribution in [1.82, 2.24) is 15.0 Å². The normalized spacial score (nSPS) is 9.74. The topological polar surface area (TPSA) is 89.0 Å². The highest BCUT2D eigenvalue weighted by Gasteiger charge is 2.02. The Morgan fingerprint density at radius 1 is 1.26 bits per heavy atom. The second-order valence-electron chi connectivity index (χ2n) is 3.58. The standard InChI is InChI=1S/C12H13N5O2/c1-19-12(18)7-14-10-6-11(16-8-15-10)17-9-2-4-13-5-3-9/h2-6,8H,7H2,1H3,(H2,13,14,15,16,17). The predicted molar refractivity (Wildman–Crippen MR) is 70.1 cm³/mol. The summed E-state index contributed by atoms with van der Waals surface area (Å²) < 4.78 is 4.53. The van der Waals surface area contributed by atoms with E-state index in [1.54, 1.807) is 18.5 Å². The van der Waals surface area contributed by atoms with Crippen LogP contribution in [0.15, 0.2) is 36.9 Å². The van der Waals surface area contributed by atoms with Crippen LogP contribution in [0.2, 0.25) is 0 Å². The molecule has 2 rings (SSSR count). The highest BCUT2D eigenvalue weighted by Crippen LogP contribution is 2.14. The number of hydrogen-bond acceptors (Lipinski definition) is 7. The van der Waals surface area contributed by atoms with Gasteiger partial charge in [0.05, 0.1) is 7.11 Å².